The van der Waals surface area contributed by atoms with Crippen molar-refractivity contribution < 1.29 is 22.7 Å². The van der Waals surface area contributed by atoms with Crippen LogP contribution in [-0.2, 0) is 4.79 Å². The second kappa shape index (κ2) is 10.6. The molecule has 36 heavy (non-hydrogen) atoms. The second-order valence-corrected chi connectivity index (χ2v) is 7.60. The number of benzene rings is 3. The maximum absolute atomic E-state index is 12.6. The van der Waals surface area contributed by atoms with E-state index in [0.717, 1.165) is 10.8 Å². The highest BCUT2D eigenvalue weighted by Gasteiger charge is 2.31. The van der Waals surface area contributed by atoms with Crippen LogP contribution in [0.1, 0.15) is 16.7 Å². The molecule has 0 aliphatic carbocycles. The fourth-order valence-corrected chi connectivity index (χ4v) is 3.59. The Morgan fingerprint density at radius 3 is 2.53 bits per heavy atom. The van der Waals surface area contributed by atoms with Gasteiger partial charge in [0.1, 0.15) is 5.75 Å². The number of hydrogen-bond donors (Lipinski definition) is 1. The van der Waals surface area contributed by atoms with E-state index < -0.39 is 6.36 Å². The Labute approximate surface area is 204 Å². The molecule has 5 nitrogen and oxygen atoms in total. The summed E-state index contributed by atoms with van der Waals surface area (Å²) in [4.78, 5) is 16.7. The number of ether oxygens (including phenoxy) is 1. The summed E-state index contributed by atoms with van der Waals surface area (Å²) < 4.78 is 41.5. The fraction of sp³-hybridized carbons (Fsp3) is 0.0357. The smallest absolute Gasteiger partial charge is 0.406 e. The molecule has 0 atom stereocenters. The summed E-state index contributed by atoms with van der Waals surface area (Å²) in [5.74, 6) is -0.716. The highest BCUT2D eigenvalue weighted by atomic mass is 19.4. The van der Waals surface area contributed by atoms with Crippen LogP contribution in [0, 0.1) is 11.3 Å². The normalized spacial score (nSPS) is 11.9. The van der Waals surface area contributed by atoms with Gasteiger partial charge in [-0.3, -0.25) is 9.78 Å². The van der Waals surface area contributed by atoms with Crippen molar-refractivity contribution in [2.24, 2.45) is 0 Å². The maximum Gasteiger partial charge on any atom is 0.573 e. The lowest BCUT2D eigenvalue weighted by Gasteiger charge is -2.11. The summed E-state index contributed by atoms with van der Waals surface area (Å²) >= 11 is 0. The van der Waals surface area contributed by atoms with Crippen LogP contribution in [0.5, 0.6) is 5.75 Å². The molecule has 0 aliphatic rings. The number of nitrogens with zero attached hydrogens (tertiary/aromatic N) is 2. The number of aromatic nitrogens is 1. The maximum atomic E-state index is 12.6. The lowest BCUT2D eigenvalue weighted by molar-refractivity contribution is -0.274. The molecule has 1 heterocycles. The molecule has 0 bridgehead atoms. The molecule has 0 spiro atoms. The number of amides is 1. The average Bonchev–Trinajstić information content (AvgIpc) is 2.87. The fourth-order valence-electron chi connectivity index (χ4n) is 3.59. The van der Waals surface area contributed by atoms with Crippen LogP contribution in [0.2, 0.25) is 0 Å². The highest BCUT2D eigenvalue weighted by molar-refractivity contribution is 6.06. The predicted octanol–water partition coefficient (Wildman–Crippen LogP) is 6.63. The Morgan fingerprint density at radius 1 is 1.00 bits per heavy atom. The number of pyridine rings is 1. The van der Waals surface area contributed by atoms with Gasteiger partial charge in [-0.25, -0.2) is 0 Å². The molecule has 4 rings (SSSR count). The minimum Gasteiger partial charge on any atom is -0.406 e. The van der Waals surface area contributed by atoms with Crippen molar-refractivity contribution in [2.75, 3.05) is 5.32 Å². The van der Waals surface area contributed by atoms with Crippen LogP contribution in [0.4, 0.5) is 18.9 Å². The molecule has 1 aromatic heterocycles. The summed E-state index contributed by atoms with van der Waals surface area (Å²) in [5.41, 5.74) is 2.89. The Morgan fingerprint density at radius 2 is 1.78 bits per heavy atom. The van der Waals surface area contributed by atoms with E-state index in [9.17, 15) is 23.2 Å². The molecule has 0 aliphatic heterocycles. The van der Waals surface area contributed by atoms with E-state index in [4.69, 9.17) is 0 Å². The van der Waals surface area contributed by atoms with Gasteiger partial charge in [0, 0.05) is 34.9 Å². The van der Waals surface area contributed by atoms with Gasteiger partial charge in [-0.15, -0.1) is 13.2 Å². The lowest BCUT2D eigenvalue weighted by Crippen LogP contribution is -2.17. The van der Waals surface area contributed by atoms with Gasteiger partial charge in [-0.05, 0) is 53.1 Å². The molecular formula is C28H18F3N3O2. The van der Waals surface area contributed by atoms with Gasteiger partial charge in [-0.1, -0.05) is 48.6 Å². The van der Waals surface area contributed by atoms with Crippen molar-refractivity contribution in [1.82, 2.24) is 4.98 Å². The number of anilines is 1. The minimum absolute atomic E-state index is 0.350. The van der Waals surface area contributed by atoms with Gasteiger partial charge in [0.25, 0.3) is 0 Å². The third-order valence-corrected chi connectivity index (χ3v) is 5.15. The SMILES string of the molecule is N#Cc1cccc(/C(=C/C=C/C(=O)Nc2cccc3cnccc23)c2ccc(OC(F)(F)F)cc2)c1. The number of nitriles is 1. The zero-order valence-electron chi connectivity index (χ0n) is 18.7. The first-order valence-corrected chi connectivity index (χ1v) is 10.7. The Balaban J connectivity index is 1.61. The van der Waals surface area contributed by atoms with Crippen molar-refractivity contribution in [1.29, 1.82) is 5.26 Å². The van der Waals surface area contributed by atoms with Gasteiger partial charge in [-0.2, -0.15) is 5.26 Å². The van der Waals surface area contributed by atoms with E-state index in [1.807, 2.05) is 12.1 Å². The van der Waals surface area contributed by atoms with E-state index in [2.05, 4.69) is 21.1 Å². The first kappa shape index (κ1) is 24.2. The topological polar surface area (TPSA) is 75.0 Å². The van der Waals surface area contributed by atoms with Gasteiger partial charge in [0.15, 0.2) is 0 Å². The largest absolute Gasteiger partial charge is 0.573 e. The standard InChI is InChI=1S/C28H18F3N3O2/c29-28(30,31)36-23-12-10-20(11-13-23)24(21-5-1-4-19(16-21)17-32)7-3-9-27(35)34-26-8-2-6-22-18-33-15-14-25(22)26/h1-16,18H,(H,34,35)/b9-3+,24-7+. The first-order valence-electron chi connectivity index (χ1n) is 10.7. The van der Waals surface area contributed by atoms with Crippen molar-refractivity contribution in [2.45, 2.75) is 6.36 Å². The second-order valence-electron chi connectivity index (χ2n) is 7.60. The van der Waals surface area contributed by atoms with Crippen LogP contribution < -0.4 is 10.1 Å². The zero-order chi connectivity index (χ0) is 25.5. The average molecular weight is 485 g/mol. The lowest BCUT2D eigenvalue weighted by atomic mass is 9.96. The number of carbonyl (C=O) groups is 1. The summed E-state index contributed by atoms with van der Waals surface area (Å²) in [6, 6.07) is 21.5. The van der Waals surface area contributed by atoms with Crippen LogP contribution in [0.25, 0.3) is 16.3 Å². The van der Waals surface area contributed by atoms with Crippen LogP contribution in [-0.4, -0.2) is 17.3 Å². The van der Waals surface area contributed by atoms with E-state index in [1.54, 1.807) is 54.9 Å². The van der Waals surface area contributed by atoms with Crippen LogP contribution in [0.3, 0.4) is 0 Å². The molecule has 178 valence electrons. The van der Waals surface area contributed by atoms with Gasteiger partial charge in [0.2, 0.25) is 5.91 Å². The molecule has 0 radical (unpaired) electrons. The first-order chi connectivity index (χ1) is 17.3. The molecule has 8 heteroatoms. The van der Waals surface area contributed by atoms with Gasteiger partial charge < -0.3 is 10.1 Å². The summed E-state index contributed by atoms with van der Waals surface area (Å²) in [6.07, 6.45) is 3.09. The van der Waals surface area contributed by atoms with E-state index in [-0.39, 0.29) is 11.7 Å². The molecule has 1 N–H and O–H groups in total. The summed E-state index contributed by atoms with van der Waals surface area (Å²) in [7, 11) is 0. The molecular weight excluding hydrogens is 467 g/mol. The number of fused-ring (bicyclic) bond motifs is 1. The zero-order valence-corrected chi connectivity index (χ0v) is 18.7. The molecule has 0 saturated carbocycles. The molecule has 1 amide bonds. The minimum atomic E-state index is -4.79. The molecule has 0 fully saturated rings. The van der Waals surface area contributed by atoms with E-state index in [0.29, 0.717) is 28.0 Å². The summed E-state index contributed by atoms with van der Waals surface area (Å²) in [6.45, 7) is 0. The summed E-state index contributed by atoms with van der Waals surface area (Å²) in [5, 5.41) is 13.8. The van der Waals surface area contributed by atoms with Crippen molar-refractivity contribution in [3.63, 3.8) is 0 Å². The quantitative estimate of drug-likeness (QED) is 0.246. The molecule has 3 aromatic carbocycles. The van der Waals surface area contributed by atoms with E-state index >= 15 is 0 Å². The molecule has 0 saturated heterocycles. The number of nitrogens with one attached hydrogen (secondary N) is 1. The number of alkyl halides is 3. The van der Waals surface area contributed by atoms with Crippen LogP contribution in [0.15, 0.2) is 103 Å². The highest BCUT2D eigenvalue weighted by Crippen LogP contribution is 2.28. The number of carbonyl (C=O) groups excluding carboxylic acids is 1. The van der Waals surface area contributed by atoms with Crippen molar-refractivity contribution >= 4 is 27.9 Å². The Kier molecular flexibility index (Phi) is 7.12. The third-order valence-electron chi connectivity index (χ3n) is 5.15. The number of allylic oxidation sites excluding steroid dienone is 2. The predicted molar refractivity (Wildman–Crippen MR) is 131 cm³/mol. The number of rotatable bonds is 6. The number of halogens is 3. The third kappa shape index (κ3) is 6.15. The molecule has 4 aromatic rings. The monoisotopic (exact) mass is 485 g/mol. The Hall–Kier alpha value is -4.90. The van der Waals surface area contributed by atoms with E-state index in [1.165, 1.54) is 36.4 Å². The molecule has 0 unspecified atom stereocenters. The van der Waals surface area contributed by atoms with Gasteiger partial charge in [0.05, 0.1) is 11.6 Å². The van der Waals surface area contributed by atoms with Gasteiger partial charge >= 0.3 is 6.36 Å². The Bertz CT molecular complexity index is 1500. The van der Waals surface area contributed by atoms with Crippen molar-refractivity contribution in [3.8, 4) is 11.8 Å². The van der Waals surface area contributed by atoms with Crippen LogP contribution >= 0.6 is 0 Å². The van der Waals surface area contributed by atoms with Crippen molar-refractivity contribution in [3.05, 3.63) is 120 Å². The number of hydrogen-bond acceptors (Lipinski definition) is 4.